The van der Waals surface area contributed by atoms with Crippen molar-refractivity contribution in [1.82, 2.24) is 0 Å². The van der Waals surface area contributed by atoms with Gasteiger partial charge in [-0.2, -0.15) is 0 Å². The SMILES string of the molecule is CCOC(=O)C(C)Oc1cc(C)c2c(c1)O/C(=C\c1ccc(C)o1)C2=O. The number of hydrogen-bond acceptors (Lipinski definition) is 6. The van der Waals surface area contributed by atoms with Crippen molar-refractivity contribution in [2.45, 2.75) is 33.8 Å². The Kier molecular flexibility index (Phi) is 4.84. The van der Waals surface area contributed by atoms with Crippen LogP contribution in [0.15, 0.2) is 34.4 Å². The second-order valence-corrected chi connectivity index (χ2v) is 6.01. The summed E-state index contributed by atoms with van der Waals surface area (Å²) in [6.07, 6.45) is 0.807. The number of aryl methyl sites for hydroxylation is 2. The standard InChI is InChI=1S/C20H20O6/c1-5-23-20(22)13(4)25-15-8-11(2)18-16(10-15)26-17(19(18)21)9-14-7-6-12(3)24-14/h6-10,13H,5H2,1-4H3/b17-9-. The second-order valence-electron chi connectivity index (χ2n) is 6.01. The van der Waals surface area contributed by atoms with Crippen LogP contribution in [-0.2, 0) is 9.53 Å². The van der Waals surface area contributed by atoms with Gasteiger partial charge in [-0.25, -0.2) is 4.79 Å². The molecule has 3 rings (SSSR count). The zero-order chi connectivity index (χ0) is 18.8. The first-order valence-corrected chi connectivity index (χ1v) is 8.37. The maximum atomic E-state index is 12.6. The van der Waals surface area contributed by atoms with Crippen LogP contribution in [0.4, 0.5) is 0 Å². The molecule has 0 saturated heterocycles. The smallest absolute Gasteiger partial charge is 0.347 e. The highest BCUT2D eigenvalue weighted by Crippen LogP contribution is 2.37. The Morgan fingerprint density at radius 1 is 1.27 bits per heavy atom. The average molecular weight is 356 g/mol. The molecule has 0 bridgehead atoms. The minimum Gasteiger partial charge on any atom is -0.479 e. The van der Waals surface area contributed by atoms with Crippen LogP contribution in [0.3, 0.4) is 0 Å². The molecule has 0 saturated carbocycles. The molecule has 1 unspecified atom stereocenters. The van der Waals surface area contributed by atoms with Crippen LogP contribution >= 0.6 is 0 Å². The summed E-state index contributed by atoms with van der Waals surface area (Å²) >= 11 is 0. The normalized spacial score (nSPS) is 15.5. The summed E-state index contributed by atoms with van der Waals surface area (Å²) in [4.78, 5) is 24.3. The Bertz CT molecular complexity index is 890. The molecule has 2 heterocycles. The van der Waals surface area contributed by atoms with Crippen molar-refractivity contribution in [2.24, 2.45) is 0 Å². The summed E-state index contributed by atoms with van der Waals surface area (Å²) in [5.41, 5.74) is 1.19. The number of rotatable bonds is 5. The molecule has 0 radical (unpaired) electrons. The predicted molar refractivity (Wildman–Crippen MR) is 94.3 cm³/mol. The number of hydrogen-bond donors (Lipinski definition) is 0. The first-order valence-electron chi connectivity index (χ1n) is 8.37. The highest BCUT2D eigenvalue weighted by Gasteiger charge is 2.30. The molecular formula is C20H20O6. The van der Waals surface area contributed by atoms with Gasteiger partial charge in [-0.05, 0) is 51.5 Å². The third-order valence-electron chi connectivity index (χ3n) is 3.91. The molecule has 2 aromatic rings. The number of carbonyl (C=O) groups excluding carboxylic acids is 2. The van der Waals surface area contributed by atoms with E-state index in [1.165, 1.54) is 0 Å². The number of allylic oxidation sites excluding steroid dienone is 1. The van der Waals surface area contributed by atoms with E-state index in [-0.39, 0.29) is 18.1 Å². The fourth-order valence-electron chi connectivity index (χ4n) is 2.72. The van der Waals surface area contributed by atoms with Crippen molar-refractivity contribution >= 4 is 17.8 Å². The molecule has 1 aliphatic heterocycles. The zero-order valence-electron chi connectivity index (χ0n) is 15.1. The van der Waals surface area contributed by atoms with Crippen molar-refractivity contribution in [3.63, 3.8) is 0 Å². The van der Waals surface area contributed by atoms with Crippen molar-refractivity contribution in [1.29, 1.82) is 0 Å². The molecule has 1 aromatic carbocycles. The van der Waals surface area contributed by atoms with Gasteiger partial charge < -0.3 is 18.6 Å². The first-order chi connectivity index (χ1) is 12.4. The van der Waals surface area contributed by atoms with E-state index in [0.717, 1.165) is 5.76 Å². The molecule has 26 heavy (non-hydrogen) atoms. The van der Waals surface area contributed by atoms with Crippen LogP contribution < -0.4 is 9.47 Å². The first kappa shape index (κ1) is 17.8. The molecule has 0 aliphatic carbocycles. The number of esters is 1. The van der Waals surface area contributed by atoms with Crippen LogP contribution in [0.25, 0.3) is 6.08 Å². The summed E-state index contributed by atoms with van der Waals surface area (Å²) in [6.45, 7) is 7.25. The van der Waals surface area contributed by atoms with Gasteiger partial charge in [0.15, 0.2) is 11.9 Å². The average Bonchev–Trinajstić information content (AvgIpc) is 3.11. The van der Waals surface area contributed by atoms with Crippen molar-refractivity contribution in [3.8, 4) is 11.5 Å². The van der Waals surface area contributed by atoms with Crippen LogP contribution in [0.1, 0.15) is 41.3 Å². The Labute approximate surface area is 151 Å². The fourth-order valence-corrected chi connectivity index (χ4v) is 2.72. The van der Waals surface area contributed by atoms with Gasteiger partial charge in [0.05, 0.1) is 12.2 Å². The number of furan rings is 1. The fraction of sp³-hybridized carbons (Fsp3) is 0.300. The third-order valence-corrected chi connectivity index (χ3v) is 3.91. The quantitative estimate of drug-likeness (QED) is 0.598. The molecule has 6 nitrogen and oxygen atoms in total. The monoisotopic (exact) mass is 356 g/mol. The maximum Gasteiger partial charge on any atom is 0.347 e. The van der Waals surface area contributed by atoms with Gasteiger partial charge >= 0.3 is 5.97 Å². The number of ether oxygens (including phenoxy) is 3. The molecule has 0 amide bonds. The van der Waals surface area contributed by atoms with Crippen LogP contribution in [0, 0.1) is 13.8 Å². The zero-order valence-corrected chi connectivity index (χ0v) is 15.1. The molecule has 0 fully saturated rings. The number of fused-ring (bicyclic) bond motifs is 1. The van der Waals surface area contributed by atoms with Crippen LogP contribution in [0.2, 0.25) is 0 Å². The number of Topliss-reactive ketones (excluding diaryl/α,β-unsaturated/α-hetero) is 1. The van der Waals surface area contributed by atoms with E-state index in [9.17, 15) is 9.59 Å². The molecule has 0 spiro atoms. The van der Waals surface area contributed by atoms with Gasteiger partial charge in [0.25, 0.3) is 0 Å². The summed E-state index contributed by atoms with van der Waals surface area (Å²) in [5, 5.41) is 0. The van der Waals surface area contributed by atoms with Crippen molar-refractivity contribution in [3.05, 3.63) is 52.7 Å². The van der Waals surface area contributed by atoms with Crippen LogP contribution in [0.5, 0.6) is 11.5 Å². The van der Waals surface area contributed by atoms with Gasteiger partial charge in [0.1, 0.15) is 23.0 Å². The van der Waals surface area contributed by atoms with Gasteiger partial charge in [-0.15, -0.1) is 0 Å². The number of benzene rings is 1. The minimum atomic E-state index is -0.759. The van der Waals surface area contributed by atoms with E-state index in [1.807, 2.05) is 13.0 Å². The van der Waals surface area contributed by atoms with Gasteiger partial charge in [-0.1, -0.05) is 0 Å². The lowest BCUT2D eigenvalue weighted by Gasteiger charge is -2.14. The molecule has 1 aromatic heterocycles. The molecule has 136 valence electrons. The largest absolute Gasteiger partial charge is 0.479 e. The number of ketones is 1. The summed E-state index contributed by atoms with van der Waals surface area (Å²) in [7, 11) is 0. The highest BCUT2D eigenvalue weighted by atomic mass is 16.6. The molecule has 0 N–H and O–H groups in total. The lowest BCUT2D eigenvalue weighted by atomic mass is 10.0. The Morgan fingerprint density at radius 2 is 2.04 bits per heavy atom. The molecule has 1 aliphatic rings. The highest BCUT2D eigenvalue weighted by molar-refractivity contribution is 6.15. The van der Waals surface area contributed by atoms with E-state index in [2.05, 4.69) is 0 Å². The molecule has 6 heteroatoms. The van der Waals surface area contributed by atoms with E-state index in [4.69, 9.17) is 18.6 Å². The van der Waals surface area contributed by atoms with Crippen LogP contribution in [-0.4, -0.2) is 24.5 Å². The Balaban J connectivity index is 1.84. The minimum absolute atomic E-state index is 0.188. The third kappa shape index (κ3) is 3.49. The van der Waals surface area contributed by atoms with E-state index in [0.29, 0.717) is 28.4 Å². The molecular weight excluding hydrogens is 336 g/mol. The van der Waals surface area contributed by atoms with Gasteiger partial charge in [-0.3, -0.25) is 4.79 Å². The lowest BCUT2D eigenvalue weighted by Crippen LogP contribution is -2.26. The Hall–Kier alpha value is -3.02. The lowest BCUT2D eigenvalue weighted by molar-refractivity contribution is -0.150. The number of carbonyl (C=O) groups is 2. The van der Waals surface area contributed by atoms with E-state index < -0.39 is 12.1 Å². The molecule has 1 atom stereocenters. The topological polar surface area (TPSA) is 75.0 Å². The van der Waals surface area contributed by atoms with E-state index >= 15 is 0 Å². The predicted octanol–water partition coefficient (Wildman–Crippen LogP) is 3.84. The van der Waals surface area contributed by atoms with Crippen molar-refractivity contribution in [2.75, 3.05) is 6.61 Å². The van der Waals surface area contributed by atoms with Gasteiger partial charge in [0.2, 0.25) is 5.78 Å². The van der Waals surface area contributed by atoms with Crippen molar-refractivity contribution < 1.29 is 28.2 Å². The summed E-state index contributed by atoms with van der Waals surface area (Å²) in [5.74, 6) is 1.66. The maximum absolute atomic E-state index is 12.6. The van der Waals surface area contributed by atoms with Gasteiger partial charge in [0, 0.05) is 12.1 Å². The van der Waals surface area contributed by atoms with E-state index in [1.54, 1.807) is 45.0 Å². The Morgan fingerprint density at radius 3 is 2.69 bits per heavy atom. The summed E-state index contributed by atoms with van der Waals surface area (Å²) < 4.78 is 21.7. The second kappa shape index (κ2) is 7.07. The summed E-state index contributed by atoms with van der Waals surface area (Å²) in [6, 6.07) is 6.89.